The number of aromatic nitrogens is 3. The molecule has 1 aliphatic carbocycles. The maximum atomic E-state index is 13.6. The number of rotatable bonds is 4. The number of β-amino-alcohol motifs (C(OH)–C–C–N with tert-alkyl or cyclic N) is 1. The molecule has 1 N–H and O–H groups in total. The van der Waals surface area contributed by atoms with Gasteiger partial charge < -0.3 is 10.0 Å². The van der Waals surface area contributed by atoms with Crippen LogP contribution >= 0.6 is 0 Å². The number of halogens is 1. The number of amides is 1. The Labute approximate surface area is 199 Å². The number of likely N-dealkylation sites (tertiary alicyclic amines) is 1. The summed E-state index contributed by atoms with van der Waals surface area (Å²) in [7, 11) is 0. The van der Waals surface area contributed by atoms with Crippen LogP contribution in [0.25, 0.3) is 11.3 Å². The number of aryl methyl sites for hydroxylation is 1. The highest BCUT2D eigenvalue weighted by atomic mass is 19.1. The van der Waals surface area contributed by atoms with Crippen LogP contribution in [-0.2, 0) is 4.79 Å². The number of piperidine rings is 1. The molecule has 2 fully saturated rings. The maximum absolute atomic E-state index is 13.6. The highest BCUT2D eigenvalue weighted by Gasteiger charge is 2.41. The molecule has 0 bridgehead atoms. The lowest BCUT2D eigenvalue weighted by Gasteiger charge is -2.44. The van der Waals surface area contributed by atoms with Crippen LogP contribution in [0.4, 0.5) is 4.39 Å². The largest absolute Gasteiger partial charge is 0.389 e. The van der Waals surface area contributed by atoms with E-state index in [1.165, 1.54) is 24.1 Å². The fraction of sp³-hybridized carbons (Fsp3) is 0.444. The Morgan fingerprint density at radius 3 is 2.44 bits per heavy atom. The highest BCUT2D eigenvalue weighted by molar-refractivity contribution is 5.79. The summed E-state index contributed by atoms with van der Waals surface area (Å²) in [6.07, 6.45) is 6.83. The van der Waals surface area contributed by atoms with Gasteiger partial charge in [0.05, 0.1) is 24.4 Å². The standard InChI is InChI=1S/C27H31FN4O2/c1-18-7-9-20(10-8-18)24-15-25(26(33)17-31(24)27(34)21-5-3-2-4-6-21)32-16-23(29-30-32)19-11-13-22(28)14-12-19/h7-14,16,21,24-26,33H,2-6,15,17H2,1H3/t24-,25+,26+/m1/s1. The number of aliphatic hydroxyl groups excluding tert-OH is 1. The Balaban J connectivity index is 1.43. The van der Waals surface area contributed by atoms with E-state index >= 15 is 0 Å². The first-order chi connectivity index (χ1) is 16.5. The molecule has 1 aromatic heterocycles. The Morgan fingerprint density at radius 2 is 1.74 bits per heavy atom. The van der Waals surface area contributed by atoms with Crippen molar-refractivity contribution < 1.29 is 14.3 Å². The minimum absolute atomic E-state index is 0.0434. The third kappa shape index (κ3) is 4.62. The summed E-state index contributed by atoms with van der Waals surface area (Å²) in [5.41, 5.74) is 3.63. The van der Waals surface area contributed by atoms with Crippen LogP contribution < -0.4 is 0 Å². The van der Waals surface area contributed by atoms with Gasteiger partial charge in [-0.1, -0.05) is 54.3 Å². The maximum Gasteiger partial charge on any atom is 0.226 e. The Kier molecular flexibility index (Phi) is 6.46. The van der Waals surface area contributed by atoms with Crippen LogP contribution in [0.3, 0.4) is 0 Å². The van der Waals surface area contributed by atoms with Crippen LogP contribution in [0.15, 0.2) is 54.7 Å². The van der Waals surface area contributed by atoms with Crippen molar-refractivity contribution in [2.24, 2.45) is 5.92 Å². The van der Waals surface area contributed by atoms with Crippen molar-refractivity contribution in [3.63, 3.8) is 0 Å². The minimum atomic E-state index is -0.753. The third-order valence-corrected chi connectivity index (χ3v) is 7.36. The van der Waals surface area contributed by atoms with Crippen molar-refractivity contribution in [3.05, 3.63) is 71.7 Å². The molecule has 178 valence electrons. The lowest BCUT2D eigenvalue weighted by atomic mass is 9.84. The SMILES string of the molecule is Cc1ccc([C@H]2C[C@H](n3cc(-c4ccc(F)cc4)nn3)[C@@H](O)CN2C(=O)C2CCCCC2)cc1. The summed E-state index contributed by atoms with van der Waals surface area (Å²) in [6.45, 7) is 2.32. The van der Waals surface area contributed by atoms with Gasteiger partial charge in [0.15, 0.2) is 0 Å². The van der Waals surface area contributed by atoms with Crippen LogP contribution in [0.2, 0.25) is 0 Å². The van der Waals surface area contributed by atoms with Gasteiger partial charge in [0.1, 0.15) is 11.5 Å². The number of hydrogen-bond acceptors (Lipinski definition) is 4. The highest BCUT2D eigenvalue weighted by Crippen LogP contribution is 2.39. The topological polar surface area (TPSA) is 71.2 Å². The van der Waals surface area contributed by atoms with Gasteiger partial charge in [-0.15, -0.1) is 5.10 Å². The molecule has 1 amide bonds. The average molecular weight is 463 g/mol. The molecule has 1 saturated carbocycles. The quantitative estimate of drug-likeness (QED) is 0.602. The van der Waals surface area contributed by atoms with Crippen molar-refractivity contribution in [2.75, 3.05) is 6.54 Å². The van der Waals surface area contributed by atoms with Gasteiger partial charge in [-0.05, 0) is 56.0 Å². The summed E-state index contributed by atoms with van der Waals surface area (Å²) in [6, 6.07) is 14.0. The van der Waals surface area contributed by atoms with Crippen molar-refractivity contribution >= 4 is 5.91 Å². The number of hydrogen-bond donors (Lipinski definition) is 1. The van der Waals surface area contributed by atoms with Crippen molar-refractivity contribution in [2.45, 2.75) is 63.6 Å². The Morgan fingerprint density at radius 1 is 1.03 bits per heavy atom. The van der Waals surface area contributed by atoms with Crippen molar-refractivity contribution in [3.8, 4) is 11.3 Å². The fourth-order valence-electron chi connectivity index (χ4n) is 5.37. The lowest BCUT2D eigenvalue weighted by molar-refractivity contribution is -0.145. The van der Waals surface area contributed by atoms with Crippen molar-refractivity contribution in [1.82, 2.24) is 19.9 Å². The fourth-order valence-corrected chi connectivity index (χ4v) is 5.37. The van der Waals surface area contributed by atoms with E-state index in [9.17, 15) is 14.3 Å². The van der Waals surface area contributed by atoms with Crippen molar-refractivity contribution in [1.29, 1.82) is 0 Å². The number of carbonyl (C=O) groups excluding carboxylic acids is 1. The summed E-state index contributed by atoms with van der Waals surface area (Å²) >= 11 is 0. The number of nitrogens with zero attached hydrogens (tertiary/aromatic N) is 4. The molecule has 0 radical (unpaired) electrons. The van der Waals surface area contributed by atoms with E-state index in [0.29, 0.717) is 12.1 Å². The average Bonchev–Trinajstić information content (AvgIpc) is 3.35. The van der Waals surface area contributed by atoms with E-state index in [0.717, 1.165) is 36.8 Å². The Bertz CT molecular complexity index is 1120. The first-order valence-corrected chi connectivity index (χ1v) is 12.2. The zero-order valence-corrected chi connectivity index (χ0v) is 19.5. The first-order valence-electron chi connectivity index (χ1n) is 12.2. The molecule has 1 saturated heterocycles. The second kappa shape index (κ2) is 9.66. The van der Waals surface area contributed by atoms with Gasteiger partial charge in [0.25, 0.3) is 0 Å². The minimum Gasteiger partial charge on any atom is -0.389 e. The first kappa shape index (κ1) is 22.7. The summed E-state index contributed by atoms with van der Waals surface area (Å²) < 4.78 is 15.0. The predicted octanol–water partition coefficient (Wildman–Crippen LogP) is 4.85. The molecule has 6 nitrogen and oxygen atoms in total. The van der Waals surface area contributed by atoms with Gasteiger partial charge in [0.2, 0.25) is 5.91 Å². The molecule has 34 heavy (non-hydrogen) atoms. The molecule has 5 rings (SSSR count). The van der Waals surface area contributed by atoms with E-state index in [2.05, 4.69) is 41.5 Å². The predicted molar refractivity (Wildman–Crippen MR) is 127 cm³/mol. The van der Waals surface area contributed by atoms with E-state index < -0.39 is 6.10 Å². The molecule has 3 aromatic rings. The summed E-state index contributed by atoms with van der Waals surface area (Å²) in [4.78, 5) is 15.5. The molecule has 2 aliphatic rings. The molecule has 1 aliphatic heterocycles. The van der Waals surface area contributed by atoms with Gasteiger partial charge in [0, 0.05) is 18.0 Å². The summed E-state index contributed by atoms with van der Waals surface area (Å²) in [5.74, 6) is -0.0993. The molecule has 3 atom stereocenters. The molecule has 0 spiro atoms. The van der Waals surface area contributed by atoms with Gasteiger partial charge in [-0.2, -0.15) is 0 Å². The van der Waals surface area contributed by atoms with E-state index in [1.807, 2.05) is 4.90 Å². The van der Waals surface area contributed by atoms with Crippen LogP contribution in [0, 0.1) is 18.7 Å². The van der Waals surface area contributed by atoms with E-state index in [4.69, 9.17) is 0 Å². The normalized spacial score (nSPS) is 23.7. The second-order valence-electron chi connectivity index (χ2n) is 9.71. The van der Waals surface area contributed by atoms with Crippen LogP contribution in [0.1, 0.15) is 61.7 Å². The van der Waals surface area contributed by atoms with Gasteiger partial charge >= 0.3 is 0 Å². The van der Waals surface area contributed by atoms with Crippen LogP contribution in [-0.4, -0.2) is 43.6 Å². The zero-order chi connectivity index (χ0) is 23.7. The molecule has 7 heteroatoms. The number of benzene rings is 2. The van der Waals surface area contributed by atoms with E-state index in [1.54, 1.807) is 23.0 Å². The molecule has 0 unspecified atom stereocenters. The zero-order valence-electron chi connectivity index (χ0n) is 19.5. The third-order valence-electron chi connectivity index (χ3n) is 7.36. The smallest absolute Gasteiger partial charge is 0.226 e. The Hall–Kier alpha value is -3.06. The summed E-state index contributed by atoms with van der Waals surface area (Å²) in [5, 5.41) is 19.7. The lowest BCUT2D eigenvalue weighted by Crippen LogP contribution is -2.51. The molecule has 2 aromatic carbocycles. The van der Waals surface area contributed by atoms with E-state index in [-0.39, 0.29) is 36.3 Å². The monoisotopic (exact) mass is 462 g/mol. The molecule has 2 heterocycles. The molecular weight excluding hydrogens is 431 g/mol. The van der Waals surface area contributed by atoms with Crippen LogP contribution in [0.5, 0.6) is 0 Å². The molecular formula is C27H31FN4O2. The number of carbonyl (C=O) groups is 1. The number of aliphatic hydroxyl groups is 1. The van der Waals surface area contributed by atoms with Gasteiger partial charge in [-0.25, -0.2) is 9.07 Å². The second-order valence-corrected chi connectivity index (χ2v) is 9.71. The van der Waals surface area contributed by atoms with Gasteiger partial charge in [-0.3, -0.25) is 4.79 Å².